The highest BCUT2D eigenvalue weighted by Crippen LogP contribution is 2.32. The van der Waals surface area contributed by atoms with E-state index in [1.54, 1.807) is 25.3 Å². The summed E-state index contributed by atoms with van der Waals surface area (Å²) in [5.41, 5.74) is 2.05. The van der Waals surface area contributed by atoms with Crippen LogP contribution in [0.4, 0.5) is 4.39 Å². The quantitative estimate of drug-likeness (QED) is 0.718. The second-order valence-electron chi connectivity index (χ2n) is 8.86. The van der Waals surface area contributed by atoms with Crippen LogP contribution < -0.4 is 5.32 Å². The molecule has 2 fully saturated rings. The van der Waals surface area contributed by atoms with Gasteiger partial charge in [0.25, 0.3) is 5.91 Å². The molecule has 1 aliphatic carbocycles. The van der Waals surface area contributed by atoms with Crippen LogP contribution >= 0.6 is 0 Å². The van der Waals surface area contributed by atoms with Crippen molar-refractivity contribution in [1.29, 1.82) is 0 Å². The summed E-state index contributed by atoms with van der Waals surface area (Å²) in [5, 5.41) is 3.02. The minimum atomic E-state index is -0.273. The Morgan fingerprint density at radius 2 is 1.94 bits per heavy atom. The number of carbonyl (C=O) groups excluding carboxylic acids is 2. The maximum atomic E-state index is 13.3. The fourth-order valence-electron chi connectivity index (χ4n) is 4.20. The van der Waals surface area contributed by atoms with Gasteiger partial charge in [0, 0.05) is 25.3 Å². The molecular formula is C24H30FN5O2. The molecule has 1 atom stereocenters. The predicted octanol–water partition coefficient (Wildman–Crippen LogP) is 3.00. The average molecular weight is 440 g/mol. The molecule has 8 heteroatoms. The van der Waals surface area contributed by atoms with Crippen LogP contribution in [0, 0.1) is 12.7 Å². The van der Waals surface area contributed by atoms with Crippen LogP contribution in [0.25, 0.3) is 0 Å². The average Bonchev–Trinajstić information content (AvgIpc) is 3.59. The number of aromatic nitrogens is 2. The Labute approximate surface area is 188 Å². The molecule has 170 valence electrons. The molecule has 4 rings (SSSR count). The summed E-state index contributed by atoms with van der Waals surface area (Å²) in [6.07, 6.45) is 6.27. The van der Waals surface area contributed by atoms with Crippen LogP contribution in [-0.4, -0.2) is 57.8 Å². The van der Waals surface area contributed by atoms with Crippen molar-refractivity contribution in [3.8, 4) is 0 Å². The molecule has 0 bridgehead atoms. The number of hydrogen-bond donors (Lipinski definition) is 1. The zero-order valence-corrected chi connectivity index (χ0v) is 18.7. The van der Waals surface area contributed by atoms with Gasteiger partial charge in [0.1, 0.15) is 11.6 Å². The topological polar surface area (TPSA) is 78.4 Å². The van der Waals surface area contributed by atoms with E-state index < -0.39 is 0 Å². The van der Waals surface area contributed by atoms with Gasteiger partial charge in [0.2, 0.25) is 5.91 Å². The lowest BCUT2D eigenvalue weighted by Crippen LogP contribution is -2.44. The van der Waals surface area contributed by atoms with Crippen molar-refractivity contribution in [3.63, 3.8) is 0 Å². The minimum Gasteiger partial charge on any atom is -0.349 e. The van der Waals surface area contributed by atoms with Gasteiger partial charge < -0.3 is 10.2 Å². The van der Waals surface area contributed by atoms with Crippen molar-refractivity contribution in [3.05, 3.63) is 58.9 Å². The number of nitrogens with one attached hydrogen (secondary N) is 1. The summed E-state index contributed by atoms with van der Waals surface area (Å²) < 4.78 is 13.2. The first-order valence-corrected chi connectivity index (χ1v) is 11.3. The molecule has 1 aromatic heterocycles. The van der Waals surface area contributed by atoms with Gasteiger partial charge in [-0.05, 0) is 63.8 Å². The Hall–Kier alpha value is -2.87. The van der Waals surface area contributed by atoms with Gasteiger partial charge >= 0.3 is 0 Å². The Morgan fingerprint density at radius 1 is 1.19 bits per heavy atom. The number of halogens is 1. The highest BCUT2D eigenvalue weighted by atomic mass is 19.1. The van der Waals surface area contributed by atoms with Crippen molar-refractivity contribution >= 4 is 11.8 Å². The molecule has 2 aliphatic rings. The van der Waals surface area contributed by atoms with Gasteiger partial charge in [-0.1, -0.05) is 12.1 Å². The lowest BCUT2D eigenvalue weighted by Gasteiger charge is -2.37. The fraction of sp³-hybridized carbons (Fsp3) is 0.500. The Balaban J connectivity index is 1.49. The van der Waals surface area contributed by atoms with E-state index in [4.69, 9.17) is 0 Å². The van der Waals surface area contributed by atoms with E-state index in [1.807, 2.05) is 16.8 Å². The standard InChI is InChI=1S/C24H30FN5O2/c1-16-26-13-20(24(32)28-19-10-11-19)23(27-16)21-5-3-4-12-30(21)22(31)15-29(2)14-17-6-8-18(25)9-7-17/h6-9,13,19,21H,3-5,10-12,14-15H2,1-2H3,(H,28,32)/t21-/m1/s1. The number of nitrogens with zero attached hydrogens (tertiary/aromatic N) is 4. The van der Waals surface area contributed by atoms with Crippen LogP contribution in [0.1, 0.15) is 65.6 Å². The highest BCUT2D eigenvalue weighted by molar-refractivity contribution is 5.95. The van der Waals surface area contributed by atoms with E-state index in [1.165, 1.54) is 12.1 Å². The summed E-state index contributed by atoms with van der Waals surface area (Å²) in [5.74, 6) is 0.165. The normalized spacial score (nSPS) is 18.6. The van der Waals surface area contributed by atoms with Crippen LogP contribution in [0.2, 0.25) is 0 Å². The summed E-state index contributed by atoms with van der Waals surface area (Å²) in [4.78, 5) is 38.7. The Bertz CT molecular complexity index is 977. The SMILES string of the molecule is Cc1ncc(C(=O)NC2CC2)c([C@H]2CCCCN2C(=O)CN(C)Cc2ccc(F)cc2)n1. The molecule has 0 radical (unpaired) electrons. The molecule has 0 unspecified atom stereocenters. The number of aryl methyl sites for hydroxylation is 1. The van der Waals surface area contributed by atoms with Gasteiger partial charge in [-0.15, -0.1) is 0 Å². The third-order valence-corrected chi connectivity index (χ3v) is 6.01. The molecule has 32 heavy (non-hydrogen) atoms. The lowest BCUT2D eigenvalue weighted by atomic mass is 9.96. The second kappa shape index (κ2) is 9.73. The van der Waals surface area contributed by atoms with Crippen LogP contribution in [-0.2, 0) is 11.3 Å². The summed E-state index contributed by atoms with van der Waals surface area (Å²) >= 11 is 0. The summed E-state index contributed by atoms with van der Waals surface area (Å²) in [6, 6.07) is 6.32. The van der Waals surface area contributed by atoms with E-state index in [9.17, 15) is 14.0 Å². The predicted molar refractivity (Wildman–Crippen MR) is 118 cm³/mol. The Kier molecular flexibility index (Phi) is 6.79. The largest absolute Gasteiger partial charge is 0.349 e. The van der Waals surface area contributed by atoms with E-state index in [-0.39, 0.29) is 36.3 Å². The first kappa shape index (κ1) is 22.3. The molecule has 0 spiro atoms. The van der Waals surface area contributed by atoms with E-state index in [0.29, 0.717) is 30.2 Å². The zero-order chi connectivity index (χ0) is 22.7. The third-order valence-electron chi connectivity index (χ3n) is 6.01. The van der Waals surface area contributed by atoms with Crippen molar-refractivity contribution < 1.29 is 14.0 Å². The van der Waals surface area contributed by atoms with Crippen LogP contribution in [0.3, 0.4) is 0 Å². The molecule has 2 amide bonds. The third kappa shape index (κ3) is 5.48. The molecule has 2 heterocycles. The van der Waals surface area contributed by atoms with E-state index in [2.05, 4.69) is 15.3 Å². The van der Waals surface area contributed by atoms with Crippen molar-refractivity contribution in [1.82, 2.24) is 25.1 Å². The van der Waals surface area contributed by atoms with Crippen LogP contribution in [0.5, 0.6) is 0 Å². The monoisotopic (exact) mass is 439 g/mol. The van der Waals surface area contributed by atoms with Crippen molar-refractivity contribution in [2.24, 2.45) is 0 Å². The number of benzene rings is 1. The number of likely N-dealkylation sites (tertiary alicyclic amines) is 1. The van der Waals surface area contributed by atoms with E-state index in [0.717, 1.165) is 37.7 Å². The van der Waals surface area contributed by atoms with Gasteiger partial charge in [0.05, 0.1) is 23.8 Å². The molecule has 1 N–H and O–H groups in total. The first-order chi connectivity index (χ1) is 15.4. The van der Waals surface area contributed by atoms with Gasteiger partial charge in [0.15, 0.2) is 0 Å². The molecule has 1 saturated carbocycles. The summed E-state index contributed by atoms with van der Waals surface area (Å²) in [7, 11) is 1.88. The second-order valence-corrected chi connectivity index (χ2v) is 8.86. The number of likely N-dealkylation sites (N-methyl/N-ethyl adjacent to an activating group) is 1. The van der Waals surface area contributed by atoms with Gasteiger partial charge in [-0.3, -0.25) is 14.5 Å². The highest BCUT2D eigenvalue weighted by Gasteiger charge is 2.33. The smallest absolute Gasteiger partial charge is 0.255 e. The molecule has 2 aromatic rings. The first-order valence-electron chi connectivity index (χ1n) is 11.3. The van der Waals surface area contributed by atoms with Gasteiger partial charge in [-0.25, -0.2) is 14.4 Å². The number of hydrogen-bond acceptors (Lipinski definition) is 5. The van der Waals surface area contributed by atoms with Crippen LogP contribution in [0.15, 0.2) is 30.5 Å². The van der Waals surface area contributed by atoms with E-state index >= 15 is 0 Å². The molecule has 1 saturated heterocycles. The van der Waals surface area contributed by atoms with Gasteiger partial charge in [-0.2, -0.15) is 0 Å². The number of rotatable bonds is 7. The number of carbonyl (C=O) groups is 2. The Morgan fingerprint density at radius 3 is 2.66 bits per heavy atom. The fourth-order valence-corrected chi connectivity index (χ4v) is 4.20. The maximum absolute atomic E-state index is 13.3. The number of amides is 2. The van der Waals surface area contributed by atoms with Crippen molar-refractivity contribution in [2.75, 3.05) is 20.1 Å². The number of piperidine rings is 1. The lowest BCUT2D eigenvalue weighted by molar-refractivity contribution is -0.136. The molecule has 7 nitrogen and oxygen atoms in total. The maximum Gasteiger partial charge on any atom is 0.255 e. The van der Waals surface area contributed by atoms with Crippen molar-refractivity contribution in [2.45, 2.75) is 57.7 Å². The minimum absolute atomic E-state index is 0.00382. The molecule has 1 aliphatic heterocycles. The summed E-state index contributed by atoms with van der Waals surface area (Å²) in [6.45, 7) is 3.23. The zero-order valence-electron chi connectivity index (χ0n) is 18.7. The molecule has 1 aromatic carbocycles. The molecular weight excluding hydrogens is 409 g/mol.